The first-order valence-corrected chi connectivity index (χ1v) is 10.1. The van der Waals surface area contributed by atoms with Crippen LogP contribution in [0.3, 0.4) is 0 Å². The highest BCUT2D eigenvalue weighted by atomic mass is 16.2. The van der Waals surface area contributed by atoms with Crippen LogP contribution in [-0.2, 0) is 4.79 Å². The van der Waals surface area contributed by atoms with E-state index in [1.165, 1.54) is 12.8 Å². The second kappa shape index (κ2) is 7.73. The van der Waals surface area contributed by atoms with Crippen molar-refractivity contribution in [3.05, 3.63) is 42.6 Å². The molecule has 2 aromatic heterocycles. The second-order valence-electron chi connectivity index (χ2n) is 8.00. The molecule has 0 spiro atoms. The molecule has 2 aromatic rings. The van der Waals surface area contributed by atoms with Gasteiger partial charge < -0.3 is 10.2 Å². The molecule has 7 heteroatoms. The highest BCUT2D eigenvalue weighted by Gasteiger charge is 2.45. The van der Waals surface area contributed by atoms with Crippen LogP contribution in [0.1, 0.15) is 49.4 Å². The third-order valence-corrected chi connectivity index (χ3v) is 6.27. The third kappa shape index (κ3) is 3.53. The van der Waals surface area contributed by atoms with Gasteiger partial charge in [0.05, 0.1) is 5.56 Å². The molecule has 2 aliphatic rings. The van der Waals surface area contributed by atoms with Crippen molar-refractivity contribution < 1.29 is 9.59 Å². The van der Waals surface area contributed by atoms with Crippen LogP contribution in [0, 0.1) is 11.3 Å². The first kappa shape index (κ1) is 18.7. The first-order valence-electron chi connectivity index (χ1n) is 10.1. The molecule has 0 bridgehead atoms. The van der Waals surface area contributed by atoms with E-state index in [1.807, 2.05) is 4.90 Å². The second-order valence-corrected chi connectivity index (χ2v) is 8.00. The first-order chi connectivity index (χ1) is 13.6. The quantitative estimate of drug-likeness (QED) is 0.833. The number of pyridine rings is 1. The summed E-state index contributed by atoms with van der Waals surface area (Å²) in [5, 5.41) is 2.97. The fourth-order valence-electron chi connectivity index (χ4n) is 4.38. The molecule has 1 saturated carbocycles. The molecule has 4 rings (SSSR count). The molecule has 7 nitrogen and oxygen atoms in total. The topological polar surface area (TPSA) is 80.1 Å². The Balaban J connectivity index is 1.25. The standard InChI is InChI=1S/C21H27N5O2/c1-2-21(7-3-4-8-21)20(28)26-13-16(14-26)11-24-19(27)17-5-6-18(23-12-17)25-10-9-22-15-25/h5-6,9-10,12,15-16H,2-4,7-8,11,13-14H2,1H3,(H,24,27). The Hall–Kier alpha value is -2.70. The Morgan fingerprint density at radius 2 is 2.04 bits per heavy atom. The SMILES string of the molecule is CCC1(C(=O)N2CC(CNC(=O)c3ccc(-n4ccnc4)nc3)C2)CCCC1. The smallest absolute Gasteiger partial charge is 0.252 e. The number of hydrogen-bond acceptors (Lipinski definition) is 4. The largest absolute Gasteiger partial charge is 0.352 e. The molecule has 1 aliphatic carbocycles. The zero-order chi connectivity index (χ0) is 19.6. The van der Waals surface area contributed by atoms with Gasteiger partial charge in [0, 0.05) is 49.6 Å². The predicted octanol–water partition coefficient (Wildman–Crippen LogP) is 2.43. The number of imidazole rings is 1. The fraction of sp³-hybridized carbons (Fsp3) is 0.524. The van der Waals surface area contributed by atoms with E-state index in [9.17, 15) is 9.59 Å². The Labute approximate surface area is 165 Å². The van der Waals surface area contributed by atoms with Crippen molar-refractivity contribution in [1.82, 2.24) is 24.8 Å². The van der Waals surface area contributed by atoms with Crippen LogP contribution < -0.4 is 5.32 Å². The number of nitrogens with one attached hydrogen (secondary N) is 1. The Morgan fingerprint density at radius 1 is 1.25 bits per heavy atom. The van der Waals surface area contributed by atoms with Crippen LogP contribution in [-0.4, -0.2) is 50.9 Å². The summed E-state index contributed by atoms with van der Waals surface area (Å²) in [6.07, 6.45) is 12.1. The fourth-order valence-corrected chi connectivity index (χ4v) is 4.38. The van der Waals surface area contributed by atoms with Gasteiger partial charge in [-0.1, -0.05) is 19.8 Å². The average molecular weight is 381 g/mol. The molecule has 2 fully saturated rings. The van der Waals surface area contributed by atoms with Crippen molar-refractivity contribution in [2.45, 2.75) is 39.0 Å². The summed E-state index contributed by atoms with van der Waals surface area (Å²) in [6.45, 7) is 4.22. The van der Waals surface area contributed by atoms with Crippen molar-refractivity contribution >= 4 is 11.8 Å². The molecule has 1 N–H and O–H groups in total. The monoisotopic (exact) mass is 381 g/mol. The molecule has 0 atom stereocenters. The molecule has 28 heavy (non-hydrogen) atoms. The van der Waals surface area contributed by atoms with Crippen LogP contribution in [0.25, 0.3) is 5.82 Å². The molecular formula is C21H27N5O2. The molecule has 3 heterocycles. The summed E-state index contributed by atoms with van der Waals surface area (Å²) in [6, 6.07) is 3.56. The van der Waals surface area contributed by atoms with Crippen molar-refractivity contribution in [3.8, 4) is 5.82 Å². The van der Waals surface area contributed by atoms with E-state index in [1.54, 1.807) is 41.6 Å². The van der Waals surface area contributed by atoms with Crippen molar-refractivity contribution in [3.63, 3.8) is 0 Å². The highest BCUT2D eigenvalue weighted by molar-refractivity contribution is 5.94. The van der Waals surface area contributed by atoms with Gasteiger partial charge in [0.25, 0.3) is 5.91 Å². The van der Waals surface area contributed by atoms with Gasteiger partial charge in [0.1, 0.15) is 12.1 Å². The molecule has 2 amide bonds. The number of nitrogens with zero attached hydrogens (tertiary/aromatic N) is 4. The number of aromatic nitrogens is 3. The summed E-state index contributed by atoms with van der Waals surface area (Å²) in [5.74, 6) is 1.25. The van der Waals surface area contributed by atoms with Crippen LogP contribution in [0.15, 0.2) is 37.1 Å². The number of hydrogen-bond donors (Lipinski definition) is 1. The van der Waals surface area contributed by atoms with Crippen LogP contribution in [0.2, 0.25) is 0 Å². The van der Waals surface area contributed by atoms with Gasteiger partial charge in [0.15, 0.2) is 0 Å². The van der Waals surface area contributed by atoms with Gasteiger partial charge in [-0.2, -0.15) is 0 Å². The van der Waals surface area contributed by atoms with E-state index in [0.29, 0.717) is 23.9 Å². The lowest BCUT2D eigenvalue weighted by atomic mass is 9.80. The molecule has 148 valence electrons. The van der Waals surface area contributed by atoms with E-state index in [2.05, 4.69) is 22.2 Å². The lowest BCUT2D eigenvalue weighted by Gasteiger charge is -2.44. The Morgan fingerprint density at radius 3 is 2.64 bits per heavy atom. The maximum absolute atomic E-state index is 12.8. The Bertz CT molecular complexity index is 819. The van der Waals surface area contributed by atoms with Crippen molar-refractivity contribution in [2.24, 2.45) is 11.3 Å². The maximum atomic E-state index is 12.8. The summed E-state index contributed by atoms with van der Waals surface area (Å²) < 4.78 is 1.79. The zero-order valence-corrected chi connectivity index (χ0v) is 16.3. The van der Waals surface area contributed by atoms with Gasteiger partial charge in [0.2, 0.25) is 5.91 Å². The minimum Gasteiger partial charge on any atom is -0.352 e. The molecular weight excluding hydrogens is 354 g/mol. The van der Waals surface area contributed by atoms with Crippen LogP contribution in [0.4, 0.5) is 0 Å². The summed E-state index contributed by atoms with van der Waals surface area (Å²) in [4.78, 5) is 35.5. The maximum Gasteiger partial charge on any atom is 0.252 e. The lowest BCUT2D eigenvalue weighted by molar-refractivity contribution is -0.148. The highest BCUT2D eigenvalue weighted by Crippen LogP contribution is 2.43. The summed E-state index contributed by atoms with van der Waals surface area (Å²) in [7, 11) is 0. The van der Waals surface area contributed by atoms with E-state index >= 15 is 0 Å². The summed E-state index contributed by atoms with van der Waals surface area (Å²) >= 11 is 0. The lowest BCUT2D eigenvalue weighted by Crippen LogP contribution is -2.57. The van der Waals surface area contributed by atoms with E-state index in [0.717, 1.165) is 38.2 Å². The van der Waals surface area contributed by atoms with Gasteiger partial charge in [-0.05, 0) is 31.4 Å². The van der Waals surface area contributed by atoms with E-state index < -0.39 is 0 Å². The van der Waals surface area contributed by atoms with Gasteiger partial charge in [-0.3, -0.25) is 14.2 Å². The van der Waals surface area contributed by atoms with Crippen molar-refractivity contribution in [1.29, 1.82) is 0 Å². The normalized spacial score (nSPS) is 18.7. The Kier molecular flexibility index (Phi) is 5.15. The van der Waals surface area contributed by atoms with Crippen LogP contribution in [0.5, 0.6) is 0 Å². The number of carbonyl (C=O) groups excluding carboxylic acids is 2. The molecule has 0 unspecified atom stereocenters. The number of amides is 2. The van der Waals surface area contributed by atoms with Crippen molar-refractivity contribution in [2.75, 3.05) is 19.6 Å². The molecule has 0 aromatic carbocycles. The predicted molar refractivity (Wildman–Crippen MR) is 105 cm³/mol. The number of likely N-dealkylation sites (tertiary alicyclic amines) is 1. The summed E-state index contributed by atoms with van der Waals surface area (Å²) in [5.41, 5.74) is 0.420. The zero-order valence-electron chi connectivity index (χ0n) is 16.3. The minimum atomic E-state index is -0.129. The van der Waals surface area contributed by atoms with Gasteiger partial charge in [-0.15, -0.1) is 0 Å². The molecule has 0 radical (unpaired) electrons. The van der Waals surface area contributed by atoms with Gasteiger partial charge >= 0.3 is 0 Å². The third-order valence-electron chi connectivity index (χ3n) is 6.27. The number of carbonyl (C=O) groups is 2. The van der Waals surface area contributed by atoms with E-state index in [4.69, 9.17) is 0 Å². The average Bonchev–Trinajstić information content (AvgIpc) is 3.39. The number of rotatable bonds is 6. The van der Waals surface area contributed by atoms with E-state index in [-0.39, 0.29) is 11.3 Å². The molecule has 1 aliphatic heterocycles. The van der Waals surface area contributed by atoms with Gasteiger partial charge in [-0.25, -0.2) is 9.97 Å². The molecule has 1 saturated heterocycles. The van der Waals surface area contributed by atoms with Crippen LogP contribution >= 0.6 is 0 Å². The minimum absolute atomic E-state index is 0.114.